The molecule has 126 valence electrons. The number of aromatic nitrogens is 3. The van der Waals surface area contributed by atoms with Crippen molar-refractivity contribution in [1.82, 2.24) is 14.5 Å². The lowest BCUT2D eigenvalue weighted by Gasteiger charge is -2.17. The molecule has 10 nitrogen and oxygen atoms in total. The van der Waals surface area contributed by atoms with Crippen LogP contribution >= 0.6 is 8.60 Å². The number of aliphatic hydroxyl groups is 2. The molecule has 0 spiro atoms. The molecule has 0 bridgehead atoms. The van der Waals surface area contributed by atoms with Gasteiger partial charge in [0.2, 0.25) is 0 Å². The van der Waals surface area contributed by atoms with Gasteiger partial charge >= 0.3 is 14.3 Å². The number of fused-ring (bicyclic) bond motifs is 1. The molecular weight excluding hydrogens is 329 g/mol. The molecular formula is C12H16N3O7P. The maximum absolute atomic E-state index is 12.1. The van der Waals surface area contributed by atoms with Gasteiger partial charge in [0.05, 0.1) is 6.61 Å². The largest absolute Gasteiger partial charge is 0.387 e. The molecule has 0 saturated carbocycles. The molecule has 4 unspecified atom stereocenters. The van der Waals surface area contributed by atoms with Crippen LogP contribution < -0.4 is 5.69 Å². The molecule has 3 rings (SSSR count). The summed E-state index contributed by atoms with van der Waals surface area (Å²) < 4.78 is 11.1. The fourth-order valence-corrected chi connectivity index (χ4v) is 2.85. The highest BCUT2D eigenvalue weighted by Crippen LogP contribution is 2.32. The summed E-state index contributed by atoms with van der Waals surface area (Å²) in [4.78, 5) is 36.4. The number of hydrogen-bond acceptors (Lipinski definition) is 8. The minimum Gasteiger partial charge on any atom is -0.387 e. The Morgan fingerprint density at radius 1 is 1.43 bits per heavy atom. The molecule has 0 amide bonds. The van der Waals surface area contributed by atoms with E-state index in [-0.39, 0.29) is 6.61 Å². The average molecular weight is 345 g/mol. The molecule has 23 heavy (non-hydrogen) atoms. The number of nitrogens with zero attached hydrogens (tertiary/aromatic N) is 2. The van der Waals surface area contributed by atoms with Crippen LogP contribution in [0.1, 0.15) is 11.9 Å². The molecule has 0 aromatic carbocycles. The zero-order valence-corrected chi connectivity index (χ0v) is 12.9. The van der Waals surface area contributed by atoms with E-state index in [4.69, 9.17) is 14.5 Å². The normalized spacial score (nSPS) is 28.1. The number of aryl methyl sites for hydroxylation is 1. The summed E-state index contributed by atoms with van der Waals surface area (Å²) in [7, 11) is -2.60. The second-order valence-electron chi connectivity index (χ2n) is 5.28. The van der Waals surface area contributed by atoms with Crippen molar-refractivity contribution in [3.05, 3.63) is 28.4 Å². The van der Waals surface area contributed by atoms with Crippen LogP contribution in [-0.2, 0) is 9.26 Å². The first kappa shape index (κ1) is 16.5. The highest BCUT2D eigenvalue weighted by Gasteiger charge is 2.44. The van der Waals surface area contributed by atoms with Gasteiger partial charge in [-0.2, -0.15) is 4.98 Å². The molecule has 2 aromatic heterocycles. The smallest absolute Gasteiger partial charge is 0.351 e. The Balaban J connectivity index is 1.89. The minimum absolute atomic E-state index is 0.332. The standard InChI is InChI=1S/C12H16N3O7P/c1-5-2-6-3-15(12(18)14-10(6)13-5)11-9(17)8(16)7(22-11)4-21-23(19)20/h2-3,7-9,11,16-17,19-20H,4H2,1H3,(H,13,14,18). The Morgan fingerprint density at radius 3 is 2.87 bits per heavy atom. The summed E-state index contributed by atoms with van der Waals surface area (Å²) in [6.07, 6.45) is -3.41. The first-order chi connectivity index (χ1) is 10.9. The van der Waals surface area contributed by atoms with Crippen LogP contribution in [0.25, 0.3) is 11.0 Å². The van der Waals surface area contributed by atoms with E-state index in [0.717, 1.165) is 10.3 Å². The Bertz CT molecular complexity index is 761. The van der Waals surface area contributed by atoms with E-state index in [0.29, 0.717) is 11.0 Å². The number of hydrogen-bond donors (Lipinski definition) is 5. The predicted molar refractivity (Wildman–Crippen MR) is 78.3 cm³/mol. The van der Waals surface area contributed by atoms with E-state index >= 15 is 0 Å². The third-order valence-electron chi connectivity index (χ3n) is 3.63. The molecule has 0 aliphatic carbocycles. The van der Waals surface area contributed by atoms with Gasteiger partial charge in [-0.3, -0.25) is 4.57 Å². The number of aromatic amines is 1. The molecule has 0 radical (unpaired) electrons. The van der Waals surface area contributed by atoms with Crippen molar-refractivity contribution >= 4 is 19.6 Å². The quantitative estimate of drug-likeness (QED) is 0.437. The lowest BCUT2D eigenvalue weighted by atomic mass is 10.1. The summed E-state index contributed by atoms with van der Waals surface area (Å²) in [6, 6.07) is 1.78. The van der Waals surface area contributed by atoms with Crippen LogP contribution in [0.4, 0.5) is 0 Å². The summed E-state index contributed by atoms with van der Waals surface area (Å²) in [5.74, 6) is 0. The fraction of sp³-hybridized carbons (Fsp3) is 0.500. The molecule has 5 N–H and O–H groups in total. The van der Waals surface area contributed by atoms with E-state index in [9.17, 15) is 15.0 Å². The third kappa shape index (κ3) is 3.15. The van der Waals surface area contributed by atoms with Crippen LogP contribution in [0.2, 0.25) is 0 Å². The molecule has 1 fully saturated rings. The van der Waals surface area contributed by atoms with Gasteiger partial charge in [-0.25, -0.2) is 4.79 Å². The number of rotatable bonds is 4. The van der Waals surface area contributed by atoms with E-state index in [1.807, 2.05) is 6.92 Å². The van der Waals surface area contributed by atoms with Crippen LogP contribution in [0, 0.1) is 6.92 Å². The average Bonchev–Trinajstić information content (AvgIpc) is 2.96. The maximum atomic E-state index is 12.1. The predicted octanol–water partition coefficient (Wildman–Crippen LogP) is -1.12. The fourth-order valence-electron chi connectivity index (χ4n) is 2.57. The molecule has 11 heteroatoms. The first-order valence-electron chi connectivity index (χ1n) is 6.77. The van der Waals surface area contributed by atoms with E-state index in [2.05, 4.69) is 14.5 Å². The number of nitrogens with one attached hydrogen (secondary N) is 1. The van der Waals surface area contributed by atoms with Gasteiger partial charge in [-0.05, 0) is 13.0 Å². The molecule has 2 aromatic rings. The van der Waals surface area contributed by atoms with Crippen molar-refractivity contribution in [1.29, 1.82) is 0 Å². The molecule has 1 aliphatic heterocycles. The van der Waals surface area contributed by atoms with Crippen molar-refractivity contribution in [2.24, 2.45) is 0 Å². The van der Waals surface area contributed by atoms with Crippen molar-refractivity contribution in [3.8, 4) is 0 Å². The van der Waals surface area contributed by atoms with Gasteiger partial charge < -0.3 is 34.2 Å². The van der Waals surface area contributed by atoms with Crippen molar-refractivity contribution in [2.75, 3.05) is 6.61 Å². The highest BCUT2D eigenvalue weighted by atomic mass is 31.2. The number of H-pyrrole nitrogens is 1. The molecule has 1 saturated heterocycles. The Morgan fingerprint density at radius 2 is 2.17 bits per heavy atom. The maximum Gasteiger partial charge on any atom is 0.351 e. The first-order valence-corrected chi connectivity index (χ1v) is 7.94. The van der Waals surface area contributed by atoms with E-state index < -0.39 is 38.8 Å². The second kappa shape index (κ2) is 6.25. The minimum atomic E-state index is -2.60. The summed E-state index contributed by atoms with van der Waals surface area (Å²) in [5, 5.41) is 20.7. The SMILES string of the molecule is Cc1cc2cn(C3OC(COP(O)O)C(O)C3O)c(=O)nc2[nH]1. The van der Waals surface area contributed by atoms with Crippen LogP contribution in [0.5, 0.6) is 0 Å². The second-order valence-corrected chi connectivity index (χ2v) is 6.05. The Hall–Kier alpha value is -1.39. The lowest BCUT2D eigenvalue weighted by molar-refractivity contribution is -0.0523. The molecule has 3 heterocycles. The topological polar surface area (TPSA) is 150 Å². The monoisotopic (exact) mass is 345 g/mol. The summed E-state index contributed by atoms with van der Waals surface area (Å²) >= 11 is 0. The van der Waals surface area contributed by atoms with Crippen LogP contribution in [0.3, 0.4) is 0 Å². The Labute approximate surface area is 130 Å². The van der Waals surface area contributed by atoms with E-state index in [1.165, 1.54) is 6.20 Å². The third-order valence-corrected chi connectivity index (χ3v) is 4.01. The number of ether oxygens (including phenoxy) is 1. The van der Waals surface area contributed by atoms with Gasteiger partial charge in [-0.1, -0.05) is 0 Å². The zero-order chi connectivity index (χ0) is 16.7. The summed E-state index contributed by atoms with van der Waals surface area (Å²) in [5.41, 5.74) is 0.592. The zero-order valence-electron chi connectivity index (χ0n) is 12.0. The van der Waals surface area contributed by atoms with Gasteiger partial charge in [0.1, 0.15) is 24.0 Å². The van der Waals surface area contributed by atoms with Crippen LogP contribution in [0.15, 0.2) is 17.1 Å². The van der Waals surface area contributed by atoms with Crippen molar-refractivity contribution in [3.63, 3.8) is 0 Å². The number of aliphatic hydroxyl groups excluding tert-OH is 2. The van der Waals surface area contributed by atoms with E-state index in [1.54, 1.807) is 6.07 Å². The van der Waals surface area contributed by atoms with Crippen molar-refractivity contribution < 1.29 is 29.3 Å². The highest BCUT2D eigenvalue weighted by molar-refractivity contribution is 7.39. The Kier molecular flexibility index (Phi) is 4.47. The molecule has 4 atom stereocenters. The molecule has 1 aliphatic rings. The van der Waals surface area contributed by atoms with Gasteiger partial charge in [0.25, 0.3) is 0 Å². The summed E-state index contributed by atoms with van der Waals surface area (Å²) in [6.45, 7) is 1.48. The van der Waals surface area contributed by atoms with Gasteiger partial charge in [-0.15, -0.1) is 0 Å². The lowest BCUT2D eigenvalue weighted by Crippen LogP contribution is -2.36. The van der Waals surface area contributed by atoms with Gasteiger partial charge in [0, 0.05) is 17.3 Å². The van der Waals surface area contributed by atoms with Gasteiger partial charge in [0.15, 0.2) is 6.23 Å². The van der Waals surface area contributed by atoms with Crippen molar-refractivity contribution in [2.45, 2.75) is 31.5 Å². The van der Waals surface area contributed by atoms with Crippen LogP contribution in [-0.4, -0.2) is 59.5 Å².